The summed E-state index contributed by atoms with van der Waals surface area (Å²) >= 11 is 1.90. The Bertz CT molecular complexity index is 2100. The van der Waals surface area contributed by atoms with Crippen molar-refractivity contribution in [2.24, 2.45) is 0 Å². The van der Waals surface area contributed by atoms with Gasteiger partial charge in [0.2, 0.25) is 0 Å². The molecule has 1 nitrogen and oxygen atoms in total. The van der Waals surface area contributed by atoms with E-state index in [1.165, 1.54) is 70.7 Å². The van der Waals surface area contributed by atoms with E-state index in [0.717, 1.165) is 0 Å². The fourth-order valence-corrected chi connectivity index (χ4v) is 8.37. The van der Waals surface area contributed by atoms with Gasteiger partial charge < -0.3 is 4.57 Å². The summed E-state index contributed by atoms with van der Waals surface area (Å²) in [4.78, 5) is 2.65. The van der Waals surface area contributed by atoms with Crippen molar-refractivity contribution in [3.8, 4) is 16.8 Å². The zero-order chi connectivity index (χ0) is 25.6. The Morgan fingerprint density at radius 3 is 2.08 bits per heavy atom. The van der Waals surface area contributed by atoms with E-state index in [2.05, 4.69) is 144 Å². The highest BCUT2D eigenvalue weighted by molar-refractivity contribution is 7.99. The summed E-state index contributed by atoms with van der Waals surface area (Å²) in [6, 6.07) is 51.7. The van der Waals surface area contributed by atoms with Crippen LogP contribution in [0.5, 0.6) is 0 Å². The molecule has 1 spiro atoms. The van der Waals surface area contributed by atoms with E-state index in [9.17, 15) is 0 Å². The van der Waals surface area contributed by atoms with Crippen molar-refractivity contribution in [2.75, 3.05) is 0 Å². The fraction of sp³-hybridized carbons (Fsp3) is 0.0270. The van der Waals surface area contributed by atoms with Crippen molar-refractivity contribution in [3.05, 3.63) is 162 Å². The summed E-state index contributed by atoms with van der Waals surface area (Å²) in [7, 11) is 0. The maximum absolute atomic E-state index is 2.50. The molecule has 39 heavy (non-hydrogen) atoms. The zero-order valence-corrected chi connectivity index (χ0v) is 22.0. The Morgan fingerprint density at radius 2 is 1.15 bits per heavy atom. The summed E-state index contributed by atoms with van der Waals surface area (Å²) < 4.78 is 2.50. The Kier molecular flexibility index (Phi) is 4.26. The standard InChI is InChI=1S/C37H23NS/c1-2-11-24(12-3-1)25-21-22-30-35(23-25)39-34-20-9-6-16-29(34)37(30)28-15-5-8-19-33(28)38-32-18-7-4-13-26(32)27-14-10-17-31(37)36(27)38/h1-23H. The maximum atomic E-state index is 2.50. The van der Waals surface area contributed by atoms with E-state index >= 15 is 0 Å². The van der Waals surface area contributed by atoms with Crippen molar-refractivity contribution in [3.63, 3.8) is 0 Å². The molecule has 1 atom stereocenters. The number of fused-ring (bicyclic) bond motifs is 11. The van der Waals surface area contributed by atoms with Gasteiger partial charge >= 0.3 is 0 Å². The van der Waals surface area contributed by atoms with Gasteiger partial charge in [-0.2, -0.15) is 0 Å². The molecule has 0 aliphatic carbocycles. The molecular formula is C37H23NS. The molecule has 6 aromatic carbocycles. The van der Waals surface area contributed by atoms with Gasteiger partial charge in [-0.15, -0.1) is 0 Å². The second-order valence-electron chi connectivity index (χ2n) is 10.5. The second-order valence-corrected chi connectivity index (χ2v) is 11.6. The third kappa shape index (κ3) is 2.67. The average Bonchev–Trinajstić information content (AvgIpc) is 3.35. The summed E-state index contributed by atoms with van der Waals surface area (Å²) in [6.07, 6.45) is 0. The number of hydrogen-bond acceptors (Lipinski definition) is 1. The predicted molar refractivity (Wildman–Crippen MR) is 162 cm³/mol. The first-order chi connectivity index (χ1) is 19.4. The number of rotatable bonds is 1. The molecule has 0 saturated heterocycles. The van der Waals surface area contributed by atoms with Crippen LogP contribution in [0.15, 0.2) is 149 Å². The monoisotopic (exact) mass is 513 g/mol. The van der Waals surface area contributed by atoms with Gasteiger partial charge in [-0.3, -0.25) is 0 Å². The van der Waals surface area contributed by atoms with Crippen molar-refractivity contribution >= 4 is 33.6 Å². The SMILES string of the molecule is c1ccc(-c2ccc3c(c2)Sc2ccccc2C32c3ccccc3-n3c4ccccc4c4cccc2c43)cc1. The maximum Gasteiger partial charge on any atom is 0.0764 e. The lowest BCUT2D eigenvalue weighted by Gasteiger charge is -2.45. The largest absolute Gasteiger partial charge is 0.309 e. The van der Waals surface area contributed by atoms with Crippen LogP contribution in [0, 0.1) is 0 Å². The second kappa shape index (κ2) is 7.75. The number of aromatic nitrogens is 1. The topological polar surface area (TPSA) is 4.93 Å². The zero-order valence-electron chi connectivity index (χ0n) is 21.1. The van der Waals surface area contributed by atoms with Gasteiger partial charge in [-0.25, -0.2) is 0 Å². The minimum absolute atomic E-state index is 0.410. The predicted octanol–water partition coefficient (Wildman–Crippen LogP) is 9.61. The normalized spacial score (nSPS) is 16.7. The quantitative estimate of drug-likeness (QED) is 0.211. The Morgan fingerprint density at radius 1 is 0.462 bits per heavy atom. The van der Waals surface area contributed by atoms with Crippen LogP contribution in [0.4, 0.5) is 0 Å². The third-order valence-corrected chi connectivity index (χ3v) is 9.79. The van der Waals surface area contributed by atoms with E-state index in [0.29, 0.717) is 0 Å². The van der Waals surface area contributed by atoms with Crippen LogP contribution in [-0.2, 0) is 5.41 Å². The molecule has 182 valence electrons. The fourth-order valence-electron chi connectivity index (χ4n) is 7.14. The van der Waals surface area contributed by atoms with Gasteiger partial charge in [-0.1, -0.05) is 127 Å². The molecule has 1 aromatic heterocycles. The molecule has 0 radical (unpaired) electrons. The van der Waals surface area contributed by atoms with Gasteiger partial charge in [0.15, 0.2) is 0 Å². The third-order valence-electron chi connectivity index (χ3n) is 8.65. The minimum Gasteiger partial charge on any atom is -0.309 e. The van der Waals surface area contributed by atoms with Crippen LogP contribution in [0.2, 0.25) is 0 Å². The molecule has 9 rings (SSSR count). The summed E-state index contributed by atoms with van der Waals surface area (Å²) in [5.41, 5.74) is 11.4. The van der Waals surface area contributed by atoms with Crippen LogP contribution >= 0.6 is 11.8 Å². The molecule has 0 bridgehead atoms. The van der Waals surface area contributed by atoms with Gasteiger partial charge in [-0.05, 0) is 57.6 Å². The molecule has 7 aromatic rings. The molecular weight excluding hydrogens is 490 g/mol. The Balaban J connectivity index is 1.48. The van der Waals surface area contributed by atoms with E-state index < -0.39 is 5.41 Å². The van der Waals surface area contributed by atoms with Crippen LogP contribution in [0.25, 0.3) is 38.6 Å². The first-order valence-electron chi connectivity index (χ1n) is 13.5. The summed E-state index contributed by atoms with van der Waals surface area (Å²) in [5, 5.41) is 2.62. The summed E-state index contributed by atoms with van der Waals surface area (Å²) in [6.45, 7) is 0. The highest BCUT2D eigenvalue weighted by atomic mass is 32.2. The van der Waals surface area contributed by atoms with E-state index in [1.807, 2.05) is 11.8 Å². The van der Waals surface area contributed by atoms with Crippen LogP contribution in [-0.4, -0.2) is 4.57 Å². The molecule has 0 saturated carbocycles. The number of hydrogen-bond donors (Lipinski definition) is 0. The lowest BCUT2D eigenvalue weighted by atomic mass is 9.62. The van der Waals surface area contributed by atoms with Crippen LogP contribution in [0.3, 0.4) is 0 Å². The van der Waals surface area contributed by atoms with Crippen molar-refractivity contribution in [1.82, 2.24) is 4.57 Å². The van der Waals surface area contributed by atoms with E-state index in [1.54, 1.807) is 0 Å². The Hall–Kier alpha value is -4.53. The molecule has 2 aliphatic heterocycles. The first-order valence-corrected chi connectivity index (χ1v) is 14.3. The first kappa shape index (κ1) is 21.4. The van der Waals surface area contributed by atoms with Crippen molar-refractivity contribution < 1.29 is 0 Å². The number of nitrogens with zero attached hydrogens (tertiary/aromatic N) is 1. The molecule has 2 aliphatic rings. The molecule has 0 N–H and O–H groups in total. The minimum atomic E-state index is -0.410. The molecule has 3 heterocycles. The molecule has 1 unspecified atom stereocenters. The van der Waals surface area contributed by atoms with Crippen molar-refractivity contribution in [2.45, 2.75) is 15.2 Å². The van der Waals surface area contributed by atoms with Gasteiger partial charge in [0.1, 0.15) is 0 Å². The number of para-hydroxylation sites is 3. The number of benzene rings is 6. The van der Waals surface area contributed by atoms with E-state index in [4.69, 9.17) is 0 Å². The highest BCUT2D eigenvalue weighted by Gasteiger charge is 2.49. The highest BCUT2D eigenvalue weighted by Crippen LogP contribution is 2.60. The smallest absolute Gasteiger partial charge is 0.0764 e. The van der Waals surface area contributed by atoms with Crippen molar-refractivity contribution in [1.29, 1.82) is 0 Å². The van der Waals surface area contributed by atoms with Gasteiger partial charge in [0.05, 0.1) is 22.1 Å². The lowest BCUT2D eigenvalue weighted by Crippen LogP contribution is -2.37. The van der Waals surface area contributed by atoms with Gasteiger partial charge in [0.25, 0.3) is 0 Å². The molecule has 2 heteroatoms. The van der Waals surface area contributed by atoms with E-state index in [-0.39, 0.29) is 0 Å². The molecule has 0 fully saturated rings. The molecule has 0 amide bonds. The Labute approximate surface area is 231 Å². The summed E-state index contributed by atoms with van der Waals surface area (Å²) in [5.74, 6) is 0. The van der Waals surface area contributed by atoms with Crippen LogP contribution in [0.1, 0.15) is 22.3 Å². The van der Waals surface area contributed by atoms with Gasteiger partial charge in [0, 0.05) is 20.6 Å². The average molecular weight is 514 g/mol. The lowest BCUT2D eigenvalue weighted by molar-refractivity contribution is 0.690. The van der Waals surface area contributed by atoms with Crippen LogP contribution < -0.4 is 0 Å².